The maximum Gasteiger partial charge on any atom is 0.144 e. The first-order valence-electron chi connectivity index (χ1n) is 5.84. The quantitative estimate of drug-likeness (QED) is 0.678. The van der Waals surface area contributed by atoms with E-state index in [9.17, 15) is 4.79 Å². The summed E-state index contributed by atoms with van der Waals surface area (Å²) in [5, 5.41) is 0. The molecule has 0 aromatic rings. The van der Waals surface area contributed by atoms with Crippen LogP contribution in [-0.4, -0.2) is 19.0 Å². The summed E-state index contributed by atoms with van der Waals surface area (Å²) in [6.07, 6.45) is 6.78. The van der Waals surface area contributed by atoms with Gasteiger partial charge >= 0.3 is 0 Å². The lowest BCUT2D eigenvalue weighted by Gasteiger charge is -2.29. The lowest BCUT2D eigenvalue weighted by Crippen LogP contribution is -2.35. The fourth-order valence-electron chi connectivity index (χ4n) is 2.84. The van der Waals surface area contributed by atoms with E-state index in [1.54, 1.807) is 0 Å². The van der Waals surface area contributed by atoms with Crippen LogP contribution in [0.1, 0.15) is 45.4 Å². The third-order valence-corrected chi connectivity index (χ3v) is 3.83. The molecule has 14 heavy (non-hydrogen) atoms. The standard InChI is InChI=1S/C12H20O2/c1-12(6-2-3-7-12)11(13)10-5-4-8-14-9-10/h10H,2-9H2,1H3. The molecule has 0 aromatic carbocycles. The predicted octanol–water partition coefficient (Wildman–Crippen LogP) is 2.56. The summed E-state index contributed by atoms with van der Waals surface area (Å²) in [4.78, 5) is 12.2. The van der Waals surface area contributed by atoms with E-state index in [0.29, 0.717) is 12.4 Å². The summed E-state index contributed by atoms with van der Waals surface area (Å²) in [5.41, 5.74) is -0.00856. The van der Waals surface area contributed by atoms with Crippen LogP contribution in [0.5, 0.6) is 0 Å². The summed E-state index contributed by atoms with van der Waals surface area (Å²) >= 11 is 0. The molecule has 80 valence electrons. The van der Waals surface area contributed by atoms with E-state index in [2.05, 4.69) is 6.92 Å². The monoisotopic (exact) mass is 196 g/mol. The average molecular weight is 196 g/mol. The summed E-state index contributed by atoms with van der Waals surface area (Å²) in [5.74, 6) is 0.682. The van der Waals surface area contributed by atoms with Crippen LogP contribution < -0.4 is 0 Å². The molecule has 1 heterocycles. The van der Waals surface area contributed by atoms with E-state index in [1.165, 1.54) is 12.8 Å². The van der Waals surface area contributed by atoms with Crippen LogP contribution in [0, 0.1) is 11.3 Å². The van der Waals surface area contributed by atoms with Gasteiger partial charge in [0.2, 0.25) is 0 Å². The van der Waals surface area contributed by atoms with Crippen molar-refractivity contribution in [2.24, 2.45) is 11.3 Å². The number of rotatable bonds is 2. The van der Waals surface area contributed by atoms with Crippen molar-refractivity contribution in [1.29, 1.82) is 0 Å². The van der Waals surface area contributed by atoms with Crippen molar-refractivity contribution in [1.82, 2.24) is 0 Å². The Kier molecular flexibility index (Phi) is 2.91. The minimum absolute atomic E-state index is 0.00856. The average Bonchev–Trinajstić information content (AvgIpc) is 2.67. The molecule has 0 bridgehead atoms. The Bertz CT molecular complexity index is 210. The molecule has 0 aromatic heterocycles. The zero-order chi connectivity index (χ0) is 10.0. The molecule has 0 amide bonds. The van der Waals surface area contributed by atoms with Crippen molar-refractivity contribution >= 4 is 5.78 Å². The van der Waals surface area contributed by atoms with Crippen LogP contribution in [0.3, 0.4) is 0 Å². The van der Waals surface area contributed by atoms with E-state index in [4.69, 9.17) is 4.74 Å². The van der Waals surface area contributed by atoms with Crippen molar-refractivity contribution in [3.8, 4) is 0 Å². The van der Waals surface area contributed by atoms with Gasteiger partial charge in [-0.25, -0.2) is 0 Å². The Morgan fingerprint density at radius 2 is 2.00 bits per heavy atom. The second kappa shape index (κ2) is 4.01. The van der Waals surface area contributed by atoms with Gasteiger partial charge in [-0.2, -0.15) is 0 Å². The van der Waals surface area contributed by atoms with Crippen LogP contribution in [0.4, 0.5) is 0 Å². The van der Waals surface area contributed by atoms with Crippen molar-refractivity contribution in [3.05, 3.63) is 0 Å². The van der Waals surface area contributed by atoms with Crippen LogP contribution in [0.15, 0.2) is 0 Å². The van der Waals surface area contributed by atoms with Gasteiger partial charge < -0.3 is 4.74 Å². The van der Waals surface area contributed by atoms with Crippen LogP contribution >= 0.6 is 0 Å². The van der Waals surface area contributed by atoms with Crippen molar-refractivity contribution < 1.29 is 9.53 Å². The number of ketones is 1. The van der Waals surface area contributed by atoms with Crippen molar-refractivity contribution in [3.63, 3.8) is 0 Å². The van der Waals surface area contributed by atoms with E-state index >= 15 is 0 Å². The molecule has 0 N–H and O–H groups in total. The normalized spacial score (nSPS) is 31.6. The summed E-state index contributed by atoms with van der Waals surface area (Å²) in [7, 11) is 0. The molecular formula is C12H20O2. The van der Waals surface area contributed by atoms with Gasteiger partial charge in [0.25, 0.3) is 0 Å². The molecule has 1 saturated carbocycles. The van der Waals surface area contributed by atoms with E-state index in [-0.39, 0.29) is 11.3 Å². The molecule has 2 aliphatic rings. The summed E-state index contributed by atoms with van der Waals surface area (Å²) < 4.78 is 5.39. The van der Waals surface area contributed by atoms with Crippen molar-refractivity contribution in [2.75, 3.05) is 13.2 Å². The summed E-state index contributed by atoms with van der Waals surface area (Å²) in [6, 6.07) is 0. The minimum atomic E-state index is -0.00856. The minimum Gasteiger partial charge on any atom is -0.381 e. The molecule has 2 nitrogen and oxygen atoms in total. The maximum atomic E-state index is 12.2. The van der Waals surface area contributed by atoms with Gasteiger partial charge in [0, 0.05) is 17.9 Å². The number of hydrogen-bond donors (Lipinski definition) is 0. The second-order valence-electron chi connectivity index (χ2n) is 5.05. The molecule has 0 radical (unpaired) electrons. The molecule has 1 unspecified atom stereocenters. The van der Waals surface area contributed by atoms with Gasteiger partial charge in [-0.3, -0.25) is 4.79 Å². The number of carbonyl (C=O) groups is 1. The molecule has 1 saturated heterocycles. The number of Topliss-reactive ketones (excluding diaryl/α,β-unsaturated/α-hetero) is 1. The first-order valence-corrected chi connectivity index (χ1v) is 5.84. The lowest BCUT2D eigenvalue weighted by atomic mass is 9.76. The molecule has 1 atom stereocenters. The molecule has 1 aliphatic heterocycles. The Balaban J connectivity index is 1.98. The van der Waals surface area contributed by atoms with Crippen molar-refractivity contribution in [2.45, 2.75) is 45.4 Å². The van der Waals surface area contributed by atoms with Gasteiger partial charge in [-0.05, 0) is 25.7 Å². The lowest BCUT2D eigenvalue weighted by molar-refractivity contribution is -0.135. The molecule has 2 heteroatoms. The van der Waals surface area contributed by atoms with E-state index in [1.807, 2.05) is 0 Å². The molecule has 2 fully saturated rings. The first kappa shape index (κ1) is 10.2. The second-order valence-corrected chi connectivity index (χ2v) is 5.05. The zero-order valence-corrected chi connectivity index (χ0v) is 9.05. The highest BCUT2D eigenvalue weighted by molar-refractivity contribution is 5.87. The largest absolute Gasteiger partial charge is 0.381 e. The van der Waals surface area contributed by atoms with Gasteiger partial charge in [0.1, 0.15) is 5.78 Å². The zero-order valence-electron chi connectivity index (χ0n) is 9.05. The third kappa shape index (κ3) is 1.85. The third-order valence-electron chi connectivity index (χ3n) is 3.83. The SMILES string of the molecule is CC1(C(=O)C2CCCOC2)CCCC1. The molecule has 2 rings (SSSR count). The van der Waals surface area contributed by atoms with Crippen LogP contribution in [0.25, 0.3) is 0 Å². The van der Waals surface area contributed by atoms with E-state index in [0.717, 1.165) is 32.3 Å². The number of carbonyl (C=O) groups excluding carboxylic acids is 1. The first-order chi connectivity index (χ1) is 6.72. The smallest absolute Gasteiger partial charge is 0.144 e. The van der Waals surface area contributed by atoms with Crippen LogP contribution in [0.2, 0.25) is 0 Å². The highest BCUT2D eigenvalue weighted by Gasteiger charge is 2.40. The summed E-state index contributed by atoms with van der Waals surface area (Å²) in [6.45, 7) is 3.67. The Morgan fingerprint density at radius 3 is 2.57 bits per heavy atom. The maximum absolute atomic E-state index is 12.2. The van der Waals surface area contributed by atoms with Gasteiger partial charge in [0.05, 0.1) is 6.61 Å². The van der Waals surface area contributed by atoms with Gasteiger partial charge in [0.15, 0.2) is 0 Å². The topological polar surface area (TPSA) is 26.3 Å². The van der Waals surface area contributed by atoms with E-state index < -0.39 is 0 Å². The number of ether oxygens (including phenoxy) is 1. The highest BCUT2D eigenvalue weighted by atomic mass is 16.5. The fraction of sp³-hybridized carbons (Fsp3) is 0.917. The fourth-order valence-corrected chi connectivity index (χ4v) is 2.84. The number of hydrogen-bond acceptors (Lipinski definition) is 2. The molecule has 0 spiro atoms. The van der Waals surface area contributed by atoms with Gasteiger partial charge in [-0.1, -0.05) is 19.8 Å². The molecule has 1 aliphatic carbocycles. The predicted molar refractivity (Wildman–Crippen MR) is 55.1 cm³/mol. The Morgan fingerprint density at radius 1 is 1.29 bits per heavy atom. The van der Waals surface area contributed by atoms with Gasteiger partial charge in [-0.15, -0.1) is 0 Å². The highest BCUT2D eigenvalue weighted by Crippen LogP contribution is 2.41. The van der Waals surface area contributed by atoms with Crippen LogP contribution in [-0.2, 0) is 9.53 Å². The Labute approximate surface area is 86.0 Å². The molecular weight excluding hydrogens is 176 g/mol. The Hall–Kier alpha value is -0.370.